The molecule has 138 valence electrons. The second-order valence-electron chi connectivity index (χ2n) is 6.27. The summed E-state index contributed by atoms with van der Waals surface area (Å²) in [5.74, 6) is 1.66. The van der Waals surface area contributed by atoms with Crippen LogP contribution < -0.4 is 19.5 Å². The number of para-hydroxylation sites is 2. The molecule has 1 aliphatic rings. The number of carbonyl (C=O) groups excluding carboxylic acids is 1. The van der Waals surface area contributed by atoms with Gasteiger partial charge in [0.1, 0.15) is 5.75 Å². The average molecular weight is 355 g/mol. The predicted molar refractivity (Wildman–Crippen MR) is 101 cm³/mol. The van der Waals surface area contributed by atoms with E-state index in [9.17, 15) is 4.79 Å². The van der Waals surface area contributed by atoms with Gasteiger partial charge >= 0.3 is 0 Å². The van der Waals surface area contributed by atoms with Gasteiger partial charge in [-0.2, -0.15) is 0 Å². The van der Waals surface area contributed by atoms with Gasteiger partial charge in [-0.25, -0.2) is 0 Å². The molecule has 1 N–H and O–H groups in total. The Balaban J connectivity index is 1.76. The highest BCUT2D eigenvalue weighted by atomic mass is 16.5. The van der Waals surface area contributed by atoms with E-state index >= 15 is 0 Å². The van der Waals surface area contributed by atoms with E-state index < -0.39 is 0 Å². The molecule has 0 radical (unpaired) electrons. The Morgan fingerprint density at radius 3 is 2.58 bits per heavy atom. The lowest BCUT2D eigenvalue weighted by molar-refractivity contribution is 0.102. The summed E-state index contributed by atoms with van der Waals surface area (Å²) >= 11 is 0. The first-order valence-corrected chi connectivity index (χ1v) is 9.09. The SMILES string of the molecule is CCOc1cc(C(=O)Nc2ccccc2OC2CCCC2)ccc1OC. The molecule has 3 rings (SSSR count). The van der Waals surface area contributed by atoms with Crippen molar-refractivity contribution in [2.24, 2.45) is 0 Å². The molecule has 26 heavy (non-hydrogen) atoms. The Labute approximate surface area is 154 Å². The zero-order chi connectivity index (χ0) is 18.4. The van der Waals surface area contributed by atoms with Crippen LogP contribution in [0.1, 0.15) is 43.0 Å². The number of ether oxygens (including phenoxy) is 3. The van der Waals surface area contributed by atoms with Crippen LogP contribution in [0.4, 0.5) is 5.69 Å². The van der Waals surface area contributed by atoms with Crippen LogP contribution in [0.25, 0.3) is 0 Å². The summed E-state index contributed by atoms with van der Waals surface area (Å²) in [6.45, 7) is 2.39. The zero-order valence-electron chi connectivity index (χ0n) is 15.3. The molecule has 5 heteroatoms. The first-order valence-electron chi connectivity index (χ1n) is 9.09. The molecule has 2 aromatic rings. The van der Waals surface area contributed by atoms with E-state index in [-0.39, 0.29) is 12.0 Å². The monoisotopic (exact) mass is 355 g/mol. The van der Waals surface area contributed by atoms with Crippen LogP contribution in [0, 0.1) is 0 Å². The summed E-state index contributed by atoms with van der Waals surface area (Å²) in [5.41, 5.74) is 1.18. The summed E-state index contributed by atoms with van der Waals surface area (Å²) in [4.78, 5) is 12.7. The van der Waals surface area contributed by atoms with Crippen molar-refractivity contribution in [1.82, 2.24) is 0 Å². The third-order valence-electron chi connectivity index (χ3n) is 4.46. The minimum absolute atomic E-state index is 0.212. The fourth-order valence-electron chi connectivity index (χ4n) is 3.14. The number of carbonyl (C=O) groups is 1. The van der Waals surface area contributed by atoms with Crippen LogP contribution in [0.2, 0.25) is 0 Å². The maximum absolute atomic E-state index is 12.7. The Kier molecular flexibility index (Phi) is 6.00. The van der Waals surface area contributed by atoms with Gasteiger partial charge in [0.25, 0.3) is 5.91 Å². The minimum Gasteiger partial charge on any atom is -0.493 e. The molecule has 0 bridgehead atoms. The molecule has 0 unspecified atom stereocenters. The molecule has 0 aliphatic heterocycles. The van der Waals surface area contributed by atoms with Crippen molar-refractivity contribution in [1.29, 1.82) is 0 Å². The normalized spacial score (nSPS) is 14.1. The first kappa shape index (κ1) is 18.1. The maximum atomic E-state index is 12.7. The second kappa shape index (κ2) is 8.61. The minimum atomic E-state index is -0.212. The van der Waals surface area contributed by atoms with Gasteiger partial charge in [0, 0.05) is 5.56 Å². The molecule has 5 nitrogen and oxygen atoms in total. The summed E-state index contributed by atoms with van der Waals surface area (Å²) in [6, 6.07) is 12.7. The van der Waals surface area contributed by atoms with Crippen molar-refractivity contribution in [3.8, 4) is 17.2 Å². The zero-order valence-corrected chi connectivity index (χ0v) is 15.3. The number of amides is 1. The van der Waals surface area contributed by atoms with Crippen molar-refractivity contribution in [3.05, 3.63) is 48.0 Å². The van der Waals surface area contributed by atoms with E-state index in [1.807, 2.05) is 31.2 Å². The Morgan fingerprint density at radius 2 is 1.85 bits per heavy atom. The van der Waals surface area contributed by atoms with Crippen molar-refractivity contribution in [2.45, 2.75) is 38.7 Å². The highest BCUT2D eigenvalue weighted by Gasteiger charge is 2.19. The summed E-state index contributed by atoms with van der Waals surface area (Å²) in [7, 11) is 1.58. The second-order valence-corrected chi connectivity index (χ2v) is 6.27. The quantitative estimate of drug-likeness (QED) is 0.784. The van der Waals surface area contributed by atoms with Crippen LogP contribution in [0.3, 0.4) is 0 Å². The Hall–Kier alpha value is -2.69. The first-order chi connectivity index (χ1) is 12.7. The van der Waals surface area contributed by atoms with Gasteiger partial charge < -0.3 is 19.5 Å². The Bertz CT molecular complexity index is 753. The van der Waals surface area contributed by atoms with Crippen molar-refractivity contribution in [3.63, 3.8) is 0 Å². The molecule has 1 aliphatic carbocycles. The third-order valence-corrected chi connectivity index (χ3v) is 4.46. The van der Waals surface area contributed by atoms with Gasteiger partial charge in [0.2, 0.25) is 0 Å². The molecule has 0 heterocycles. The highest BCUT2D eigenvalue weighted by Crippen LogP contribution is 2.31. The van der Waals surface area contributed by atoms with Gasteiger partial charge in [-0.1, -0.05) is 12.1 Å². The number of rotatable bonds is 7. The average Bonchev–Trinajstić information content (AvgIpc) is 3.16. The fraction of sp³-hybridized carbons (Fsp3) is 0.381. The molecule has 1 amide bonds. The number of hydrogen-bond donors (Lipinski definition) is 1. The lowest BCUT2D eigenvalue weighted by atomic mass is 10.1. The molecular formula is C21H25NO4. The lowest BCUT2D eigenvalue weighted by Gasteiger charge is -2.17. The fourth-order valence-corrected chi connectivity index (χ4v) is 3.14. The molecule has 2 aromatic carbocycles. The largest absolute Gasteiger partial charge is 0.493 e. The van der Waals surface area contributed by atoms with Crippen molar-refractivity contribution in [2.75, 3.05) is 19.0 Å². The summed E-state index contributed by atoms with van der Waals surface area (Å²) < 4.78 is 16.9. The molecule has 0 atom stereocenters. The number of nitrogens with one attached hydrogen (secondary N) is 1. The van der Waals surface area contributed by atoms with E-state index in [1.165, 1.54) is 12.8 Å². The molecule has 0 aromatic heterocycles. The number of benzene rings is 2. The van der Waals surface area contributed by atoms with Crippen LogP contribution >= 0.6 is 0 Å². The van der Waals surface area contributed by atoms with E-state index in [0.717, 1.165) is 12.8 Å². The molecular weight excluding hydrogens is 330 g/mol. The van der Waals surface area contributed by atoms with Gasteiger partial charge in [0.05, 0.1) is 25.5 Å². The van der Waals surface area contributed by atoms with Gasteiger partial charge in [-0.05, 0) is 62.9 Å². The molecule has 0 spiro atoms. The third kappa shape index (κ3) is 4.28. The number of hydrogen-bond acceptors (Lipinski definition) is 4. The summed E-state index contributed by atoms with van der Waals surface area (Å²) in [5, 5.41) is 2.95. The van der Waals surface area contributed by atoms with Crippen LogP contribution in [0.15, 0.2) is 42.5 Å². The lowest BCUT2D eigenvalue weighted by Crippen LogP contribution is -2.16. The number of methoxy groups -OCH3 is 1. The van der Waals surface area contributed by atoms with Gasteiger partial charge in [-0.15, -0.1) is 0 Å². The molecule has 0 saturated heterocycles. The van der Waals surface area contributed by atoms with Gasteiger partial charge in [0.15, 0.2) is 11.5 Å². The standard InChI is InChI=1S/C21H25NO4/c1-3-25-20-14-15(12-13-19(20)24-2)21(23)22-17-10-6-7-11-18(17)26-16-8-4-5-9-16/h6-7,10-14,16H,3-5,8-9H2,1-2H3,(H,22,23). The van der Waals surface area contributed by atoms with Crippen LogP contribution in [-0.2, 0) is 0 Å². The van der Waals surface area contributed by atoms with E-state index in [4.69, 9.17) is 14.2 Å². The van der Waals surface area contributed by atoms with E-state index in [2.05, 4.69) is 5.32 Å². The smallest absolute Gasteiger partial charge is 0.255 e. The maximum Gasteiger partial charge on any atom is 0.255 e. The number of anilines is 1. The highest BCUT2D eigenvalue weighted by molar-refractivity contribution is 6.05. The topological polar surface area (TPSA) is 56.8 Å². The van der Waals surface area contributed by atoms with E-state index in [0.29, 0.717) is 35.1 Å². The molecule has 1 fully saturated rings. The van der Waals surface area contributed by atoms with Crippen molar-refractivity contribution < 1.29 is 19.0 Å². The predicted octanol–water partition coefficient (Wildman–Crippen LogP) is 4.67. The van der Waals surface area contributed by atoms with Gasteiger partial charge in [-0.3, -0.25) is 4.79 Å². The Morgan fingerprint density at radius 1 is 1.08 bits per heavy atom. The van der Waals surface area contributed by atoms with E-state index in [1.54, 1.807) is 25.3 Å². The van der Waals surface area contributed by atoms with Crippen molar-refractivity contribution >= 4 is 11.6 Å². The van der Waals surface area contributed by atoms with Crippen LogP contribution in [-0.4, -0.2) is 25.7 Å². The molecule has 1 saturated carbocycles. The van der Waals surface area contributed by atoms with Crippen LogP contribution in [0.5, 0.6) is 17.2 Å². The summed E-state index contributed by atoms with van der Waals surface area (Å²) in [6.07, 6.45) is 4.77.